The third kappa shape index (κ3) is 11.5. The number of pyridine rings is 1. The molecule has 1 aromatic heterocycles. The molecular formula is C19H31N. The summed E-state index contributed by atoms with van der Waals surface area (Å²) in [6.45, 7) is 12.3. The Hall–Kier alpha value is -1.63. The SMILES string of the molecule is CC.CC.CCc1ccccc1.CCc1cccnc1. The number of nitrogens with zero attached hydrogens (tertiary/aromatic N) is 1. The van der Waals surface area contributed by atoms with Crippen LogP contribution in [0.5, 0.6) is 0 Å². The summed E-state index contributed by atoms with van der Waals surface area (Å²) in [5, 5.41) is 0. The zero-order valence-electron chi connectivity index (χ0n) is 14.1. The Morgan fingerprint density at radius 1 is 0.700 bits per heavy atom. The van der Waals surface area contributed by atoms with Crippen molar-refractivity contribution in [3.8, 4) is 0 Å². The van der Waals surface area contributed by atoms with Crippen LogP contribution in [-0.2, 0) is 12.8 Å². The predicted octanol–water partition coefficient (Wildman–Crippen LogP) is 5.95. The third-order valence-corrected chi connectivity index (χ3v) is 2.38. The monoisotopic (exact) mass is 273 g/mol. The molecule has 0 unspecified atom stereocenters. The molecule has 0 spiro atoms. The lowest BCUT2D eigenvalue weighted by molar-refractivity contribution is 1.10. The first-order valence-electron chi connectivity index (χ1n) is 7.79. The molecule has 1 heteroatoms. The molecule has 0 aliphatic rings. The van der Waals surface area contributed by atoms with Crippen molar-refractivity contribution < 1.29 is 0 Å². The van der Waals surface area contributed by atoms with Crippen molar-refractivity contribution in [3.63, 3.8) is 0 Å². The molecule has 2 aromatic rings. The van der Waals surface area contributed by atoms with E-state index in [1.54, 1.807) is 6.20 Å². The van der Waals surface area contributed by atoms with Crippen LogP contribution in [0.15, 0.2) is 54.9 Å². The smallest absolute Gasteiger partial charge is 0.0299 e. The molecule has 0 saturated heterocycles. The minimum Gasteiger partial charge on any atom is -0.264 e. The van der Waals surface area contributed by atoms with Gasteiger partial charge in [0.2, 0.25) is 0 Å². The summed E-state index contributed by atoms with van der Waals surface area (Å²) in [6, 6.07) is 14.5. The van der Waals surface area contributed by atoms with Crippen LogP contribution in [0.4, 0.5) is 0 Å². The van der Waals surface area contributed by atoms with Crippen molar-refractivity contribution in [2.45, 2.75) is 54.4 Å². The van der Waals surface area contributed by atoms with Crippen molar-refractivity contribution in [1.29, 1.82) is 0 Å². The van der Waals surface area contributed by atoms with Crippen molar-refractivity contribution >= 4 is 0 Å². The van der Waals surface area contributed by atoms with E-state index < -0.39 is 0 Å². The van der Waals surface area contributed by atoms with Gasteiger partial charge in [-0.2, -0.15) is 0 Å². The zero-order valence-corrected chi connectivity index (χ0v) is 14.1. The number of aromatic nitrogens is 1. The fourth-order valence-electron chi connectivity index (χ4n) is 1.32. The van der Waals surface area contributed by atoms with Crippen LogP contribution in [0, 0.1) is 0 Å². The molecule has 0 fully saturated rings. The van der Waals surface area contributed by atoms with Gasteiger partial charge < -0.3 is 0 Å². The summed E-state index contributed by atoms with van der Waals surface area (Å²) in [4.78, 5) is 3.96. The molecule has 1 heterocycles. The lowest BCUT2D eigenvalue weighted by atomic mass is 10.2. The molecule has 0 radical (unpaired) electrons. The van der Waals surface area contributed by atoms with Crippen LogP contribution in [0.1, 0.15) is 52.7 Å². The number of rotatable bonds is 2. The highest BCUT2D eigenvalue weighted by molar-refractivity contribution is 5.13. The van der Waals surface area contributed by atoms with Crippen LogP contribution >= 0.6 is 0 Å². The highest BCUT2D eigenvalue weighted by Crippen LogP contribution is 1.96. The molecular weight excluding hydrogens is 242 g/mol. The number of aryl methyl sites for hydroxylation is 2. The largest absolute Gasteiger partial charge is 0.264 e. The first kappa shape index (κ1) is 20.7. The maximum atomic E-state index is 3.96. The van der Waals surface area contributed by atoms with E-state index >= 15 is 0 Å². The molecule has 2 rings (SSSR count). The highest BCUT2D eigenvalue weighted by Gasteiger charge is 1.81. The number of benzene rings is 1. The Balaban J connectivity index is 0. The van der Waals surface area contributed by atoms with Gasteiger partial charge in [0.25, 0.3) is 0 Å². The molecule has 112 valence electrons. The minimum atomic E-state index is 1.08. The molecule has 0 N–H and O–H groups in total. The average molecular weight is 273 g/mol. The van der Waals surface area contributed by atoms with Crippen LogP contribution in [0.3, 0.4) is 0 Å². The highest BCUT2D eigenvalue weighted by atomic mass is 14.6. The summed E-state index contributed by atoms with van der Waals surface area (Å²) >= 11 is 0. The Kier molecular flexibility index (Phi) is 18.0. The molecule has 0 atom stereocenters. The molecule has 20 heavy (non-hydrogen) atoms. The second-order valence-electron chi connectivity index (χ2n) is 3.55. The van der Waals surface area contributed by atoms with Crippen LogP contribution in [-0.4, -0.2) is 4.98 Å². The Morgan fingerprint density at radius 3 is 1.50 bits per heavy atom. The Labute approximate surface area is 126 Å². The Bertz CT molecular complexity index is 328. The van der Waals surface area contributed by atoms with E-state index in [4.69, 9.17) is 0 Å². The fourth-order valence-corrected chi connectivity index (χ4v) is 1.32. The van der Waals surface area contributed by atoms with Gasteiger partial charge in [-0.25, -0.2) is 0 Å². The van der Waals surface area contributed by atoms with Gasteiger partial charge in [0.15, 0.2) is 0 Å². The predicted molar refractivity (Wildman–Crippen MR) is 92.1 cm³/mol. The summed E-state index contributed by atoms with van der Waals surface area (Å²) in [5.74, 6) is 0. The number of hydrogen-bond acceptors (Lipinski definition) is 1. The first-order chi connectivity index (χ1) is 9.86. The molecule has 0 aliphatic heterocycles. The average Bonchev–Trinajstić information content (AvgIpc) is 2.60. The van der Waals surface area contributed by atoms with Crippen molar-refractivity contribution in [3.05, 3.63) is 66.0 Å². The lowest BCUT2D eigenvalue weighted by Gasteiger charge is -1.89. The van der Waals surface area contributed by atoms with Gasteiger partial charge in [-0.1, -0.05) is 77.9 Å². The molecule has 0 saturated carbocycles. The van der Waals surface area contributed by atoms with Gasteiger partial charge in [-0.3, -0.25) is 4.98 Å². The normalized spacial score (nSPS) is 7.90. The molecule has 1 nitrogen and oxygen atoms in total. The second kappa shape index (κ2) is 17.4. The Morgan fingerprint density at radius 2 is 1.20 bits per heavy atom. The second-order valence-corrected chi connectivity index (χ2v) is 3.55. The molecule has 1 aromatic carbocycles. The summed E-state index contributed by atoms with van der Waals surface area (Å²) < 4.78 is 0. The lowest BCUT2D eigenvalue weighted by Crippen LogP contribution is -1.77. The summed E-state index contributed by atoms with van der Waals surface area (Å²) in [6.07, 6.45) is 5.90. The standard InChI is InChI=1S/C8H10.C7H9N.2C2H6/c1-2-8-6-4-3-5-7-8;1-2-7-4-3-5-8-6-7;2*1-2/h3-7H,2H2,1H3;3-6H,2H2,1H3;2*1-2H3. The number of hydrogen-bond donors (Lipinski definition) is 0. The zero-order chi connectivity index (χ0) is 15.6. The van der Waals surface area contributed by atoms with Gasteiger partial charge in [0.05, 0.1) is 0 Å². The molecule has 0 bridgehead atoms. The maximum absolute atomic E-state index is 3.96. The van der Waals surface area contributed by atoms with Crippen LogP contribution < -0.4 is 0 Å². The molecule has 0 amide bonds. The van der Waals surface area contributed by atoms with Crippen LogP contribution in [0.2, 0.25) is 0 Å². The van der Waals surface area contributed by atoms with E-state index in [-0.39, 0.29) is 0 Å². The van der Waals surface area contributed by atoms with Gasteiger partial charge in [0, 0.05) is 12.4 Å². The third-order valence-electron chi connectivity index (χ3n) is 2.38. The van der Waals surface area contributed by atoms with Gasteiger partial charge in [-0.15, -0.1) is 0 Å². The molecule has 0 aliphatic carbocycles. The van der Waals surface area contributed by atoms with E-state index in [1.807, 2.05) is 46.0 Å². The first-order valence-corrected chi connectivity index (χ1v) is 7.79. The van der Waals surface area contributed by atoms with Crippen molar-refractivity contribution in [1.82, 2.24) is 4.98 Å². The van der Waals surface area contributed by atoms with E-state index in [0.717, 1.165) is 12.8 Å². The van der Waals surface area contributed by atoms with Gasteiger partial charge >= 0.3 is 0 Å². The van der Waals surface area contributed by atoms with E-state index in [1.165, 1.54) is 11.1 Å². The summed E-state index contributed by atoms with van der Waals surface area (Å²) in [7, 11) is 0. The minimum absolute atomic E-state index is 1.08. The van der Waals surface area contributed by atoms with E-state index in [9.17, 15) is 0 Å². The van der Waals surface area contributed by atoms with Crippen molar-refractivity contribution in [2.75, 3.05) is 0 Å². The van der Waals surface area contributed by atoms with Crippen molar-refractivity contribution in [2.24, 2.45) is 0 Å². The van der Waals surface area contributed by atoms with E-state index in [2.05, 4.69) is 49.2 Å². The topological polar surface area (TPSA) is 12.9 Å². The van der Waals surface area contributed by atoms with Gasteiger partial charge in [-0.05, 0) is 30.0 Å². The summed E-state index contributed by atoms with van der Waals surface area (Å²) in [5.41, 5.74) is 2.71. The maximum Gasteiger partial charge on any atom is 0.0299 e. The van der Waals surface area contributed by atoms with E-state index in [0.29, 0.717) is 0 Å². The quantitative estimate of drug-likeness (QED) is 0.659. The van der Waals surface area contributed by atoms with Gasteiger partial charge in [0.1, 0.15) is 0 Å². The van der Waals surface area contributed by atoms with Crippen LogP contribution in [0.25, 0.3) is 0 Å². The fraction of sp³-hybridized carbons (Fsp3) is 0.421.